The highest BCUT2D eigenvalue weighted by atomic mass is 16.5. The van der Waals surface area contributed by atoms with Crippen molar-refractivity contribution in [2.24, 2.45) is 0 Å². The minimum atomic E-state index is -0.705. The van der Waals surface area contributed by atoms with Crippen LogP contribution >= 0.6 is 0 Å². The number of amides is 6. The molecule has 2 fully saturated rings. The quantitative estimate of drug-likeness (QED) is 0.147. The van der Waals surface area contributed by atoms with Gasteiger partial charge in [-0.3, -0.25) is 28.8 Å². The summed E-state index contributed by atoms with van der Waals surface area (Å²) in [6.07, 6.45) is 8.17. The molecule has 61 heavy (non-hydrogen) atoms. The second-order valence-electron chi connectivity index (χ2n) is 17.0. The van der Waals surface area contributed by atoms with Crippen LogP contribution in [0.5, 0.6) is 11.5 Å². The van der Waals surface area contributed by atoms with E-state index in [0.717, 1.165) is 72.3 Å². The van der Waals surface area contributed by atoms with Crippen molar-refractivity contribution in [3.8, 4) is 11.5 Å². The molecule has 0 aromatic heterocycles. The van der Waals surface area contributed by atoms with E-state index in [1.807, 2.05) is 50.2 Å². The molecule has 2 aromatic rings. The third kappa shape index (κ3) is 10.2. The Bertz CT molecular complexity index is 1810. The molecule has 15 nitrogen and oxygen atoms in total. The van der Waals surface area contributed by atoms with Crippen molar-refractivity contribution in [3.05, 3.63) is 58.7 Å². The number of fused-ring (bicyclic) bond motifs is 2. The standard InChI is InChI=1S/C46H66N8O7/c1-7-33(49-41(55)27(3)47-5)45(59)53-25-13-21-37(53)43(57)51-35-19-9-17-31-29(35)15-11-23-39(31)61-40-24-12-16-30-32(40)18-10-20-36(30)52-44(58)38-22-14-26-54(38)46(60)34(8-2)50-42(56)28(4)48-6/h11-12,15-16,23-24,27-28,33-38,47-48H,7-10,13-14,17-22,25-26H2,1-6H3,(H,49,55)(H,50,56)(H,51,57)(H,52,58)/t27-,28-,33-,34-,35+,36+,37-,38-/m0/s1. The van der Waals surface area contributed by atoms with E-state index in [1.54, 1.807) is 37.7 Å². The maximum absolute atomic E-state index is 13.9. The number of nitrogens with one attached hydrogen (secondary N) is 6. The van der Waals surface area contributed by atoms with Gasteiger partial charge in [-0.05, 0) is 128 Å². The Hall–Kier alpha value is -5.02. The highest BCUT2D eigenvalue weighted by molar-refractivity contribution is 5.94. The third-order valence-corrected chi connectivity index (χ3v) is 13.2. The van der Waals surface area contributed by atoms with Crippen LogP contribution in [0.3, 0.4) is 0 Å². The first-order valence-corrected chi connectivity index (χ1v) is 22.5. The molecule has 2 saturated heterocycles. The summed E-state index contributed by atoms with van der Waals surface area (Å²) in [5, 5.41) is 18.1. The van der Waals surface area contributed by atoms with Crippen molar-refractivity contribution in [2.75, 3.05) is 27.2 Å². The summed E-state index contributed by atoms with van der Waals surface area (Å²) in [5.74, 6) is 0.101. The number of carbonyl (C=O) groups is 6. The molecule has 0 unspecified atom stereocenters. The molecule has 0 spiro atoms. The maximum Gasteiger partial charge on any atom is 0.245 e. The molecule has 2 heterocycles. The van der Waals surface area contributed by atoms with Crippen molar-refractivity contribution >= 4 is 35.4 Å². The molecule has 0 saturated carbocycles. The largest absolute Gasteiger partial charge is 0.457 e. The second kappa shape index (κ2) is 20.7. The zero-order valence-electron chi connectivity index (χ0n) is 36.7. The lowest BCUT2D eigenvalue weighted by Gasteiger charge is -2.33. The van der Waals surface area contributed by atoms with Crippen LogP contribution in [-0.2, 0) is 41.6 Å². The van der Waals surface area contributed by atoms with E-state index in [2.05, 4.69) is 31.9 Å². The first kappa shape index (κ1) is 45.5. The molecule has 2 aliphatic heterocycles. The highest BCUT2D eigenvalue weighted by Crippen LogP contribution is 2.41. The van der Waals surface area contributed by atoms with Gasteiger partial charge in [0.25, 0.3) is 0 Å². The van der Waals surface area contributed by atoms with Gasteiger partial charge in [-0.25, -0.2) is 0 Å². The van der Waals surface area contributed by atoms with Crippen molar-refractivity contribution < 1.29 is 33.5 Å². The third-order valence-electron chi connectivity index (χ3n) is 13.2. The molecule has 2 aromatic carbocycles. The Morgan fingerprint density at radius 3 is 1.41 bits per heavy atom. The van der Waals surface area contributed by atoms with Crippen LogP contribution in [0.25, 0.3) is 0 Å². The Morgan fingerprint density at radius 1 is 0.623 bits per heavy atom. The predicted molar refractivity (Wildman–Crippen MR) is 232 cm³/mol. The zero-order chi connectivity index (χ0) is 43.8. The molecule has 0 bridgehead atoms. The maximum atomic E-state index is 13.9. The highest BCUT2D eigenvalue weighted by Gasteiger charge is 2.40. The van der Waals surface area contributed by atoms with Crippen LogP contribution in [0.4, 0.5) is 0 Å². The van der Waals surface area contributed by atoms with Gasteiger partial charge in [0.05, 0.1) is 24.2 Å². The molecule has 8 atom stereocenters. The first-order chi connectivity index (χ1) is 29.4. The lowest BCUT2D eigenvalue weighted by molar-refractivity contribution is -0.141. The predicted octanol–water partition coefficient (Wildman–Crippen LogP) is 3.45. The number of hydrogen-bond acceptors (Lipinski definition) is 9. The number of nitrogens with zero attached hydrogens (tertiary/aromatic N) is 2. The van der Waals surface area contributed by atoms with E-state index in [-0.39, 0.29) is 47.5 Å². The van der Waals surface area contributed by atoms with E-state index < -0.39 is 36.3 Å². The normalized spacial score (nSPS) is 22.8. The topological polar surface area (TPSA) is 190 Å². The summed E-state index contributed by atoms with van der Waals surface area (Å²) >= 11 is 0. The molecular formula is C46H66N8O7. The Balaban J connectivity index is 1.13. The summed E-state index contributed by atoms with van der Waals surface area (Å²) in [5.41, 5.74) is 4.08. The number of benzene rings is 2. The number of hydrogen-bond donors (Lipinski definition) is 6. The van der Waals surface area contributed by atoms with Crippen LogP contribution in [-0.4, -0.2) is 109 Å². The molecule has 2 aliphatic carbocycles. The summed E-state index contributed by atoms with van der Waals surface area (Å²) in [4.78, 5) is 83.6. The minimum absolute atomic E-state index is 0.189. The molecule has 332 valence electrons. The molecule has 6 amide bonds. The fraction of sp³-hybridized carbons (Fsp3) is 0.609. The number of likely N-dealkylation sites (N-methyl/N-ethyl adjacent to an activating group) is 2. The van der Waals surface area contributed by atoms with Gasteiger partial charge in [0, 0.05) is 24.2 Å². The van der Waals surface area contributed by atoms with Gasteiger partial charge in [-0.2, -0.15) is 0 Å². The van der Waals surface area contributed by atoms with E-state index in [4.69, 9.17) is 4.74 Å². The summed E-state index contributed by atoms with van der Waals surface area (Å²) in [7, 11) is 3.38. The monoisotopic (exact) mass is 843 g/mol. The number of ether oxygens (including phenoxy) is 1. The molecular weight excluding hydrogens is 777 g/mol. The van der Waals surface area contributed by atoms with Gasteiger partial charge < -0.3 is 46.4 Å². The fourth-order valence-electron chi connectivity index (χ4n) is 9.31. The molecule has 6 rings (SSSR count). The first-order valence-electron chi connectivity index (χ1n) is 22.5. The number of likely N-dealkylation sites (tertiary alicyclic amines) is 2. The summed E-state index contributed by atoms with van der Waals surface area (Å²) < 4.78 is 6.76. The van der Waals surface area contributed by atoms with E-state index in [9.17, 15) is 28.8 Å². The lowest BCUT2D eigenvalue weighted by atomic mass is 9.86. The van der Waals surface area contributed by atoms with Crippen molar-refractivity contribution in [2.45, 2.75) is 153 Å². The van der Waals surface area contributed by atoms with Gasteiger partial charge in [0.15, 0.2) is 0 Å². The molecule has 15 heteroatoms. The van der Waals surface area contributed by atoms with Gasteiger partial charge >= 0.3 is 0 Å². The Labute approximate surface area is 360 Å². The lowest BCUT2D eigenvalue weighted by Crippen LogP contribution is -2.55. The van der Waals surface area contributed by atoms with Crippen LogP contribution in [0.1, 0.15) is 126 Å². The van der Waals surface area contributed by atoms with Crippen LogP contribution in [0, 0.1) is 0 Å². The molecule has 4 aliphatic rings. The smallest absolute Gasteiger partial charge is 0.245 e. The van der Waals surface area contributed by atoms with Crippen LogP contribution < -0.4 is 36.6 Å². The Kier molecular flexibility index (Phi) is 15.4. The van der Waals surface area contributed by atoms with E-state index >= 15 is 0 Å². The molecule has 0 radical (unpaired) electrons. The van der Waals surface area contributed by atoms with E-state index in [0.29, 0.717) is 51.6 Å². The van der Waals surface area contributed by atoms with Gasteiger partial charge in [-0.1, -0.05) is 38.1 Å². The fourth-order valence-corrected chi connectivity index (χ4v) is 9.31. The average Bonchev–Trinajstić information content (AvgIpc) is 3.98. The summed E-state index contributed by atoms with van der Waals surface area (Å²) in [6, 6.07) is 7.90. The van der Waals surface area contributed by atoms with Gasteiger partial charge in [0.2, 0.25) is 35.4 Å². The zero-order valence-corrected chi connectivity index (χ0v) is 36.7. The summed E-state index contributed by atoms with van der Waals surface area (Å²) in [6.45, 7) is 8.11. The van der Waals surface area contributed by atoms with E-state index in [1.165, 1.54) is 0 Å². The van der Waals surface area contributed by atoms with Crippen molar-refractivity contribution in [1.82, 2.24) is 41.7 Å². The van der Waals surface area contributed by atoms with Crippen molar-refractivity contribution in [1.29, 1.82) is 0 Å². The second-order valence-corrected chi connectivity index (χ2v) is 17.0. The van der Waals surface area contributed by atoms with Gasteiger partial charge in [-0.15, -0.1) is 0 Å². The van der Waals surface area contributed by atoms with Crippen LogP contribution in [0.15, 0.2) is 36.4 Å². The minimum Gasteiger partial charge on any atom is -0.457 e. The number of rotatable bonds is 16. The Morgan fingerprint density at radius 2 is 1.03 bits per heavy atom. The number of carbonyl (C=O) groups excluding carboxylic acids is 6. The molecule has 6 N–H and O–H groups in total. The average molecular weight is 843 g/mol. The SMILES string of the molecule is CC[C@H](NC(=O)[C@H](C)NC)C(=O)N1CCC[C@H]1C(=O)N[C@@H]1CCCc2c(Oc3cccc4c3CCC[C@H]4NC(=O)[C@@H]3CCCN3C(=O)[C@H](CC)NC(=O)[C@H](C)NC)cccc21. The van der Waals surface area contributed by atoms with Gasteiger partial charge in [0.1, 0.15) is 35.7 Å². The van der Waals surface area contributed by atoms with Crippen LogP contribution in [0.2, 0.25) is 0 Å². The van der Waals surface area contributed by atoms with Crippen molar-refractivity contribution in [3.63, 3.8) is 0 Å².